The van der Waals surface area contributed by atoms with Gasteiger partial charge < -0.3 is 9.64 Å². The minimum Gasteiger partial charge on any atom is -0.410 e. The first-order valence-corrected chi connectivity index (χ1v) is 8.49. The number of halogens is 1. The molecule has 0 saturated carbocycles. The Morgan fingerprint density at radius 3 is 2.33 bits per heavy atom. The minimum atomic E-state index is -0.424. The number of carbonyl (C=O) groups excluding carboxylic acids is 1. The highest BCUT2D eigenvalue weighted by atomic mass is 19.1. The number of aryl methyl sites for hydroxylation is 1. The third-order valence-electron chi connectivity index (χ3n) is 3.72. The van der Waals surface area contributed by atoms with Crippen molar-refractivity contribution in [2.45, 2.75) is 47.0 Å². The number of hydrogen-bond donors (Lipinski definition) is 0. The van der Waals surface area contributed by atoms with Gasteiger partial charge in [0.25, 0.3) is 0 Å². The molecule has 0 heterocycles. The van der Waals surface area contributed by atoms with Gasteiger partial charge in [0, 0.05) is 14.1 Å². The van der Waals surface area contributed by atoms with Gasteiger partial charge in [0.2, 0.25) is 0 Å². The average Bonchev–Trinajstić information content (AvgIpc) is 2.56. The van der Waals surface area contributed by atoms with E-state index in [2.05, 4.69) is 13.8 Å². The molecule has 0 N–H and O–H groups in total. The maximum absolute atomic E-state index is 14.1. The molecule has 2 aromatic rings. The van der Waals surface area contributed by atoms with Crippen molar-refractivity contribution in [1.29, 1.82) is 0 Å². The van der Waals surface area contributed by atoms with Gasteiger partial charge in [0.1, 0.15) is 11.6 Å². The maximum atomic E-state index is 14.1. The van der Waals surface area contributed by atoms with E-state index in [-0.39, 0.29) is 11.7 Å². The SMILES string of the molecule is CC.CCc1c(F)ccc2cc(OC(=O)N(C)C)cc(C(C)C)c12. The van der Waals surface area contributed by atoms with Crippen LogP contribution in [0.15, 0.2) is 24.3 Å². The lowest BCUT2D eigenvalue weighted by Gasteiger charge is -2.17. The van der Waals surface area contributed by atoms with Crippen molar-refractivity contribution >= 4 is 16.9 Å². The number of hydrogen-bond acceptors (Lipinski definition) is 2. The molecule has 0 unspecified atom stereocenters. The molecule has 4 heteroatoms. The van der Waals surface area contributed by atoms with E-state index in [9.17, 15) is 9.18 Å². The van der Waals surface area contributed by atoms with Crippen LogP contribution in [0.5, 0.6) is 5.75 Å². The van der Waals surface area contributed by atoms with E-state index in [1.165, 1.54) is 11.0 Å². The smallest absolute Gasteiger partial charge is 0.410 e. The predicted molar refractivity (Wildman–Crippen MR) is 98.4 cm³/mol. The van der Waals surface area contributed by atoms with Crippen molar-refractivity contribution in [3.8, 4) is 5.75 Å². The molecule has 0 radical (unpaired) electrons. The highest BCUT2D eigenvalue weighted by Gasteiger charge is 2.16. The lowest BCUT2D eigenvalue weighted by molar-refractivity contribution is 0.172. The summed E-state index contributed by atoms with van der Waals surface area (Å²) >= 11 is 0. The first kappa shape index (κ1) is 19.9. The normalized spacial score (nSPS) is 10.4. The molecule has 2 aromatic carbocycles. The van der Waals surface area contributed by atoms with E-state index in [0.29, 0.717) is 17.7 Å². The molecule has 2 rings (SSSR count). The Bertz CT molecular complexity index is 708. The number of nitrogens with zero attached hydrogens (tertiary/aromatic N) is 1. The average molecular weight is 333 g/mol. The highest BCUT2D eigenvalue weighted by Crippen LogP contribution is 2.34. The number of amides is 1. The molecule has 1 amide bonds. The van der Waals surface area contributed by atoms with Gasteiger partial charge in [-0.1, -0.05) is 40.7 Å². The summed E-state index contributed by atoms with van der Waals surface area (Å²) in [6.45, 7) is 10.1. The number of ether oxygens (including phenoxy) is 1. The fourth-order valence-electron chi connectivity index (χ4n) is 2.57. The summed E-state index contributed by atoms with van der Waals surface area (Å²) in [5.41, 5.74) is 1.71. The lowest BCUT2D eigenvalue weighted by Crippen LogP contribution is -2.25. The van der Waals surface area contributed by atoms with Crippen LogP contribution in [-0.2, 0) is 6.42 Å². The van der Waals surface area contributed by atoms with E-state index in [1.54, 1.807) is 26.2 Å². The van der Waals surface area contributed by atoms with Gasteiger partial charge in [0.15, 0.2) is 0 Å². The molecule has 3 nitrogen and oxygen atoms in total. The summed E-state index contributed by atoms with van der Waals surface area (Å²) in [5.74, 6) is 0.506. The first-order valence-electron chi connectivity index (χ1n) is 8.49. The van der Waals surface area contributed by atoms with Crippen LogP contribution in [0.4, 0.5) is 9.18 Å². The summed E-state index contributed by atoms with van der Waals surface area (Å²) in [5, 5.41) is 1.83. The van der Waals surface area contributed by atoms with Crippen molar-refractivity contribution in [3.05, 3.63) is 41.2 Å². The molecule has 132 valence electrons. The first-order chi connectivity index (χ1) is 11.3. The summed E-state index contributed by atoms with van der Waals surface area (Å²) in [4.78, 5) is 13.1. The van der Waals surface area contributed by atoms with Crippen LogP contribution < -0.4 is 4.74 Å². The lowest BCUT2D eigenvalue weighted by atomic mass is 9.91. The van der Waals surface area contributed by atoms with Crippen LogP contribution in [0.25, 0.3) is 10.8 Å². The molecule has 0 bridgehead atoms. The van der Waals surface area contributed by atoms with Crippen LogP contribution in [0, 0.1) is 5.82 Å². The Kier molecular flexibility index (Phi) is 7.20. The third-order valence-corrected chi connectivity index (χ3v) is 3.72. The summed E-state index contributed by atoms with van der Waals surface area (Å²) in [6, 6.07) is 6.85. The molecular weight excluding hydrogens is 305 g/mol. The van der Waals surface area contributed by atoms with Crippen molar-refractivity contribution in [2.75, 3.05) is 14.1 Å². The molecule has 0 fully saturated rings. The van der Waals surface area contributed by atoms with E-state index in [1.807, 2.05) is 26.8 Å². The van der Waals surface area contributed by atoms with E-state index in [0.717, 1.165) is 16.3 Å². The second-order valence-corrected chi connectivity index (χ2v) is 5.91. The van der Waals surface area contributed by atoms with Crippen LogP contribution in [0.2, 0.25) is 0 Å². The Hall–Kier alpha value is -2.10. The Morgan fingerprint density at radius 2 is 1.83 bits per heavy atom. The van der Waals surface area contributed by atoms with Gasteiger partial charge in [-0.05, 0) is 52.4 Å². The van der Waals surface area contributed by atoms with Crippen LogP contribution in [-0.4, -0.2) is 25.1 Å². The molecule has 0 saturated heterocycles. The van der Waals surface area contributed by atoms with Crippen molar-refractivity contribution in [1.82, 2.24) is 4.90 Å². The standard InChI is InChI=1S/C18H22FNO2.C2H6/c1-6-14-16(19)8-7-12-9-13(22-18(21)20(4)5)10-15(11(2)3)17(12)14;1-2/h7-11H,6H2,1-5H3;1-2H3. The Labute approximate surface area is 144 Å². The Balaban J connectivity index is 0.00000139. The molecule has 0 atom stereocenters. The molecule has 0 aliphatic heterocycles. The number of carbonyl (C=O) groups is 1. The topological polar surface area (TPSA) is 29.5 Å². The fourth-order valence-corrected chi connectivity index (χ4v) is 2.57. The minimum absolute atomic E-state index is 0.185. The summed E-state index contributed by atoms with van der Waals surface area (Å²) in [6.07, 6.45) is 0.201. The van der Waals surface area contributed by atoms with Crippen molar-refractivity contribution in [3.63, 3.8) is 0 Å². The maximum Gasteiger partial charge on any atom is 0.414 e. The second-order valence-electron chi connectivity index (χ2n) is 5.91. The highest BCUT2D eigenvalue weighted by molar-refractivity contribution is 5.91. The number of fused-ring (bicyclic) bond motifs is 1. The molecule has 24 heavy (non-hydrogen) atoms. The predicted octanol–water partition coefficient (Wildman–Crippen LogP) is 5.75. The molecule has 0 aliphatic carbocycles. The zero-order valence-corrected chi connectivity index (χ0v) is 15.7. The van der Waals surface area contributed by atoms with Gasteiger partial charge in [-0.15, -0.1) is 0 Å². The molecular formula is C20H28FNO2. The number of rotatable bonds is 3. The van der Waals surface area contributed by atoms with Gasteiger partial charge in [-0.25, -0.2) is 9.18 Å². The number of benzene rings is 2. The van der Waals surface area contributed by atoms with E-state index in [4.69, 9.17) is 4.74 Å². The quantitative estimate of drug-likeness (QED) is 0.715. The Morgan fingerprint density at radius 1 is 1.21 bits per heavy atom. The third kappa shape index (κ3) is 4.25. The molecule has 0 aromatic heterocycles. The van der Waals surface area contributed by atoms with Crippen LogP contribution in [0.1, 0.15) is 51.7 Å². The molecule has 0 spiro atoms. The summed E-state index contributed by atoms with van der Waals surface area (Å²) in [7, 11) is 3.27. The molecule has 0 aliphatic rings. The second kappa shape index (κ2) is 8.67. The van der Waals surface area contributed by atoms with Crippen molar-refractivity contribution in [2.24, 2.45) is 0 Å². The van der Waals surface area contributed by atoms with Crippen molar-refractivity contribution < 1.29 is 13.9 Å². The summed E-state index contributed by atoms with van der Waals surface area (Å²) < 4.78 is 19.5. The zero-order chi connectivity index (χ0) is 18.4. The van der Waals surface area contributed by atoms with E-state index < -0.39 is 6.09 Å². The largest absolute Gasteiger partial charge is 0.414 e. The monoisotopic (exact) mass is 333 g/mol. The zero-order valence-electron chi connectivity index (χ0n) is 15.7. The van der Waals surface area contributed by atoms with Crippen LogP contribution in [0.3, 0.4) is 0 Å². The van der Waals surface area contributed by atoms with Gasteiger partial charge in [-0.2, -0.15) is 0 Å². The van der Waals surface area contributed by atoms with Gasteiger partial charge in [0.05, 0.1) is 0 Å². The van der Waals surface area contributed by atoms with E-state index >= 15 is 0 Å². The fraction of sp³-hybridized carbons (Fsp3) is 0.450. The van der Waals surface area contributed by atoms with Gasteiger partial charge in [-0.3, -0.25) is 0 Å². The van der Waals surface area contributed by atoms with Gasteiger partial charge >= 0.3 is 6.09 Å². The van der Waals surface area contributed by atoms with Crippen LogP contribution >= 0.6 is 0 Å².